The van der Waals surface area contributed by atoms with Gasteiger partial charge in [-0.1, -0.05) is 40.9 Å². The summed E-state index contributed by atoms with van der Waals surface area (Å²) in [5.41, 5.74) is 3.44. The van der Waals surface area contributed by atoms with Crippen LogP contribution in [-0.4, -0.2) is 18.4 Å². The number of amides is 2. The molecular formula is C19H20Cl2N2O2. The zero-order valence-electron chi connectivity index (χ0n) is 14.4. The fourth-order valence-electron chi connectivity index (χ4n) is 2.53. The van der Waals surface area contributed by atoms with Gasteiger partial charge in [-0.2, -0.15) is 0 Å². The van der Waals surface area contributed by atoms with Gasteiger partial charge in [0.1, 0.15) is 0 Å². The van der Waals surface area contributed by atoms with Gasteiger partial charge in [0, 0.05) is 30.6 Å². The highest BCUT2D eigenvalue weighted by Crippen LogP contribution is 2.29. The fraction of sp³-hybridized carbons (Fsp3) is 0.263. The Hall–Kier alpha value is -2.04. The number of benzene rings is 2. The third-order valence-electron chi connectivity index (χ3n) is 3.80. The maximum absolute atomic E-state index is 12.2. The fourth-order valence-corrected chi connectivity index (χ4v) is 3.04. The maximum Gasteiger partial charge on any atom is 0.226 e. The minimum atomic E-state index is -0.191. The number of hydrogen-bond donors (Lipinski definition) is 1. The number of nitrogens with one attached hydrogen (secondary N) is 1. The Bertz CT molecular complexity index is 806. The van der Waals surface area contributed by atoms with Gasteiger partial charge in [0.2, 0.25) is 11.8 Å². The molecule has 0 radical (unpaired) electrons. The van der Waals surface area contributed by atoms with Crippen LogP contribution in [0.3, 0.4) is 0 Å². The molecule has 0 aliphatic rings. The second-order valence-corrected chi connectivity index (χ2v) is 6.73. The molecule has 0 atom stereocenters. The Labute approximate surface area is 157 Å². The summed E-state index contributed by atoms with van der Waals surface area (Å²) in [4.78, 5) is 25.7. The third-order valence-corrected chi connectivity index (χ3v) is 4.34. The van der Waals surface area contributed by atoms with Gasteiger partial charge in [-0.25, -0.2) is 0 Å². The van der Waals surface area contributed by atoms with Gasteiger partial charge in [-0.15, -0.1) is 0 Å². The van der Waals surface area contributed by atoms with Crippen molar-refractivity contribution < 1.29 is 9.59 Å². The van der Waals surface area contributed by atoms with Crippen molar-refractivity contribution in [3.05, 3.63) is 57.6 Å². The molecule has 6 heteroatoms. The maximum atomic E-state index is 12.2. The molecule has 4 nitrogen and oxygen atoms in total. The number of nitrogens with zero attached hydrogens (tertiary/aromatic N) is 1. The molecule has 0 bridgehead atoms. The predicted molar refractivity (Wildman–Crippen MR) is 104 cm³/mol. The Morgan fingerprint density at radius 1 is 1.08 bits per heavy atom. The number of carbonyl (C=O) groups excluding carboxylic acids is 2. The molecule has 1 N–H and O–H groups in total. The SMILES string of the molecule is CC(=O)N(CCC(=O)Nc1ccc(C)cc1C)c1ccc(Cl)cc1Cl. The van der Waals surface area contributed by atoms with Crippen LogP contribution in [0.5, 0.6) is 0 Å². The first-order chi connectivity index (χ1) is 11.8. The van der Waals surface area contributed by atoms with Crippen LogP contribution < -0.4 is 10.2 Å². The number of hydrogen-bond acceptors (Lipinski definition) is 2. The lowest BCUT2D eigenvalue weighted by Crippen LogP contribution is -2.32. The van der Waals surface area contributed by atoms with E-state index in [-0.39, 0.29) is 24.8 Å². The van der Waals surface area contributed by atoms with E-state index in [1.807, 2.05) is 32.0 Å². The van der Waals surface area contributed by atoms with E-state index in [0.717, 1.165) is 16.8 Å². The second kappa shape index (κ2) is 8.37. The molecule has 0 unspecified atom stereocenters. The highest BCUT2D eigenvalue weighted by atomic mass is 35.5. The summed E-state index contributed by atoms with van der Waals surface area (Å²) in [5, 5.41) is 3.74. The Morgan fingerprint density at radius 3 is 2.40 bits per heavy atom. The molecule has 25 heavy (non-hydrogen) atoms. The molecule has 0 saturated heterocycles. The molecule has 0 aliphatic heterocycles. The van der Waals surface area contributed by atoms with Crippen LogP contribution in [0.4, 0.5) is 11.4 Å². The van der Waals surface area contributed by atoms with Gasteiger partial charge in [-0.3, -0.25) is 9.59 Å². The van der Waals surface area contributed by atoms with E-state index in [2.05, 4.69) is 5.32 Å². The first-order valence-electron chi connectivity index (χ1n) is 7.88. The van der Waals surface area contributed by atoms with Crippen molar-refractivity contribution in [1.29, 1.82) is 0 Å². The van der Waals surface area contributed by atoms with E-state index in [0.29, 0.717) is 15.7 Å². The lowest BCUT2D eigenvalue weighted by Gasteiger charge is -2.22. The number of rotatable bonds is 5. The summed E-state index contributed by atoms with van der Waals surface area (Å²) in [6, 6.07) is 10.7. The second-order valence-electron chi connectivity index (χ2n) is 5.88. The van der Waals surface area contributed by atoms with Gasteiger partial charge >= 0.3 is 0 Å². The van der Waals surface area contributed by atoms with E-state index in [9.17, 15) is 9.59 Å². The number of anilines is 2. The number of carbonyl (C=O) groups is 2. The predicted octanol–water partition coefficient (Wildman–Crippen LogP) is 4.99. The molecule has 0 saturated carbocycles. The average molecular weight is 379 g/mol. The summed E-state index contributed by atoms with van der Waals surface area (Å²) in [5.74, 6) is -0.355. The number of halogens is 2. The van der Waals surface area contributed by atoms with Crippen molar-refractivity contribution in [2.45, 2.75) is 27.2 Å². The van der Waals surface area contributed by atoms with Crippen LogP contribution in [0.25, 0.3) is 0 Å². The highest BCUT2D eigenvalue weighted by molar-refractivity contribution is 6.36. The summed E-state index contributed by atoms with van der Waals surface area (Å²) < 4.78 is 0. The highest BCUT2D eigenvalue weighted by Gasteiger charge is 2.17. The van der Waals surface area contributed by atoms with Crippen molar-refractivity contribution in [1.82, 2.24) is 0 Å². The lowest BCUT2D eigenvalue weighted by molar-refractivity contribution is -0.117. The van der Waals surface area contributed by atoms with Crippen molar-refractivity contribution in [2.75, 3.05) is 16.8 Å². The van der Waals surface area contributed by atoms with Gasteiger partial charge in [-0.05, 0) is 43.7 Å². The Balaban J connectivity index is 2.05. The Morgan fingerprint density at radius 2 is 1.80 bits per heavy atom. The largest absolute Gasteiger partial charge is 0.326 e. The summed E-state index contributed by atoms with van der Waals surface area (Å²) >= 11 is 12.1. The van der Waals surface area contributed by atoms with E-state index in [1.54, 1.807) is 18.2 Å². The van der Waals surface area contributed by atoms with Crippen LogP contribution >= 0.6 is 23.2 Å². The van der Waals surface area contributed by atoms with E-state index in [1.165, 1.54) is 11.8 Å². The normalized spacial score (nSPS) is 10.4. The van der Waals surface area contributed by atoms with Gasteiger partial charge in [0.25, 0.3) is 0 Å². The monoisotopic (exact) mass is 378 g/mol. The summed E-state index contributed by atoms with van der Waals surface area (Å²) in [7, 11) is 0. The van der Waals surface area contributed by atoms with Crippen LogP contribution in [-0.2, 0) is 9.59 Å². The molecule has 0 fully saturated rings. The van der Waals surface area contributed by atoms with Crippen molar-refractivity contribution in [2.24, 2.45) is 0 Å². The smallest absolute Gasteiger partial charge is 0.226 e. The summed E-state index contributed by atoms with van der Waals surface area (Å²) in [6.07, 6.45) is 0.159. The van der Waals surface area contributed by atoms with E-state index in [4.69, 9.17) is 23.2 Å². The van der Waals surface area contributed by atoms with Gasteiger partial charge < -0.3 is 10.2 Å². The lowest BCUT2D eigenvalue weighted by atomic mass is 10.1. The zero-order chi connectivity index (χ0) is 18.6. The quantitative estimate of drug-likeness (QED) is 0.796. The van der Waals surface area contributed by atoms with E-state index >= 15 is 0 Å². The van der Waals surface area contributed by atoms with Gasteiger partial charge in [0.15, 0.2) is 0 Å². The summed E-state index contributed by atoms with van der Waals surface area (Å²) in [6.45, 7) is 5.61. The minimum Gasteiger partial charge on any atom is -0.326 e. The molecule has 0 spiro atoms. The molecule has 0 aliphatic carbocycles. The van der Waals surface area contributed by atoms with Crippen molar-refractivity contribution in [3.63, 3.8) is 0 Å². The molecule has 132 valence electrons. The number of aryl methyl sites for hydroxylation is 2. The molecule has 2 aromatic rings. The first kappa shape index (κ1) is 19.3. The van der Waals surface area contributed by atoms with Crippen LogP contribution in [0, 0.1) is 13.8 Å². The van der Waals surface area contributed by atoms with E-state index < -0.39 is 0 Å². The van der Waals surface area contributed by atoms with Crippen molar-refractivity contribution >= 4 is 46.4 Å². The van der Waals surface area contributed by atoms with Crippen molar-refractivity contribution in [3.8, 4) is 0 Å². The van der Waals surface area contributed by atoms with Crippen LogP contribution in [0.1, 0.15) is 24.5 Å². The first-order valence-corrected chi connectivity index (χ1v) is 8.64. The van der Waals surface area contributed by atoms with Crippen LogP contribution in [0.2, 0.25) is 10.0 Å². The third kappa shape index (κ3) is 5.21. The molecule has 2 rings (SSSR count). The average Bonchev–Trinajstić information content (AvgIpc) is 2.52. The standard InChI is InChI=1S/C19H20Cl2N2O2/c1-12-4-6-17(13(2)10-12)22-19(25)8-9-23(14(3)24)18-7-5-15(20)11-16(18)21/h4-7,10-11H,8-9H2,1-3H3,(H,22,25). The molecule has 0 heterocycles. The molecular weight excluding hydrogens is 359 g/mol. The minimum absolute atomic E-state index is 0.159. The molecule has 2 amide bonds. The van der Waals surface area contributed by atoms with Gasteiger partial charge in [0.05, 0.1) is 10.7 Å². The van der Waals surface area contributed by atoms with Crippen LogP contribution in [0.15, 0.2) is 36.4 Å². The Kier molecular flexibility index (Phi) is 6.45. The molecule has 0 aromatic heterocycles. The zero-order valence-corrected chi connectivity index (χ0v) is 15.9. The molecule has 2 aromatic carbocycles. The topological polar surface area (TPSA) is 49.4 Å².